The predicted octanol–water partition coefficient (Wildman–Crippen LogP) is 4.26. The van der Waals surface area contributed by atoms with E-state index < -0.39 is 16.6 Å². The maximum Gasteiger partial charge on any atom is 0.325 e. The molecule has 1 spiro atoms. The topological polar surface area (TPSA) is 146 Å². The molecule has 0 unspecified atom stereocenters. The number of rotatable bonds is 20. The van der Waals surface area contributed by atoms with Gasteiger partial charge < -0.3 is 32.3 Å². The molecule has 0 saturated carbocycles. The Kier molecular flexibility index (Phi) is 18.6. The molecule has 7 N–H and O–H groups in total. The van der Waals surface area contributed by atoms with Crippen molar-refractivity contribution in [2.45, 2.75) is 148 Å². The van der Waals surface area contributed by atoms with E-state index in [2.05, 4.69) is 22.9 Å². The lowest BCUT2D eigenvalue weighted by molar-refractivity contribution is -0.156. The summed E-state index contributed by atoms with van der Waals surface area (Å²) >= 11 is 0. The smallest absolute Gasteiger partial charge is 0.325 e. The normalized spacial score (nSPS) is 18.5. The molecule has 0 atom stereocenters. The molecule has 0 radical (unpaired) electrons. The van der Waals surface area contributed by atoms with E-state index in [9.17, 15) is 14.4 Å². The van der Waals surface area contributed by atoms with Crippen LogP contribution in [-0.2, 0) is 9.59 Å². The summed E-state index contributed by atoms with van der Waals surface area (Å²) in [5, 5.41) is 9.60. The molecular formula is C33H67N7O3. The summed E-state index contributed by atoms with van der Waals surface area (Å²) in [6.45, 7) is 17.9. The largest absolute Gasteiger partial charge is 0.332 e. The molecule has 4 amide bonds. The quantitative estimate of drug-likeness (QED) is 0.102. The molecule has 10 nitrogen and oxygen atoms in total. The van der Waals surface area contributed by atoms with E-state index in [1.54, 1.807) is 6.92 Å². The van der Waals surface area contributed by atoms with E-state index in [4.69, 9.17) is 11.5 Å². The highest BCUT2D eigenvalue weighted by Crippen LogP contribution is 2.46. The van der Waals surface area contributed by atoms with Crippen LogP contribution in [0.2, 0.25) is 0 Å². The van der Waals surface area contributed by atoms with Crippen LogP contribution in [0.3, 0.4) is 0 Å². The van der Waals surface area contributed by atoms with Gasteiger partial charge in [0.1, 0.15) is 5.54 Å². The number of nitrogens with one attached hydrogen (secondary N) is 3. The Bertz CT molecular complexity index is 790. The van der Waals surface area contributed by atoms with Gasteiger partial charge in [0.25, 0.3) is 5.91 Å². The molecule has 2 heterocycles. The first kappa shape index (κ1) is 39.3. The van der Waals surface area contributed by atoms with E-state index in [-0.39, 0.29) is 17.8 Å². The third-order valence-corrected chi connectivity index (χ3v) is 8.57. The van der Waals surface area contributed by atoms with Gasteiger partial charge in [0.15, 0.2) is 0 Å². The van der Waals surface area contributed by atoms with Gasteiger partial charge in [0.05, 0.1) is 0 Å². The van der Waals surface area contributed by atoms with Crippen molar-refractivity contribution in [1.82, 2.24) is 25.8 Å². The third kappa shape index (κ3) is 13.4. The molecule has 2 fully saturated rings. The number of nitrogens with zero attached hydrogens (tertiary/aromatic N) is 2. The van der Waals surface area contributed by atoms with Gasteiger partial charge in [-0.15, -0.1) is 0 Å². The minimum absolute atomic E-state index is 0.00356. The third-order valence-electron chi connectivity index (χ3n) is 8.57. The van der Waals surface area contributed by atoms with Gasteiger partial charge in [-0.3, -0.25) is 14.5 Å². The van der Waals surface area contributed by atoms with Crippen molar-refractivity contribution in [3.8, 4) is 0 Å². The van der Waals surface area contributed by atoms with Gasteiger partial charge >= 0.3 is 6.03 Å². The van der Waals surface area contributed by atoms with Crippen molar-refractivity contribution in [2.75, 3.05) is 45.8 Å². The molecule has 0 aromatic carbocycles. The first-order chi connectivity index (χ1) is 20.4. The zero-order valence-corrected chi connectivity index (χ0v) is 28.6. The van der Waals surface area contributed by atoms with Crippen LogP contribution in [0.1, 0.15) is 131 Å². The van der Waals surface area contributed by atoms with E-state index in [1.807, 2.05) is 32.6 Å². The second kappa shape index (κ2) is 20.3. The minimum atomic E-state index is -0.908. The second-order valence-corrected chi connectivity index (χ2v) is 13.8. The number of hydrogen-bond donors (Lipinski definition) is 5. The molecule has 0 aromatic heterocycles. The highest BCUT2D eigenvalue weighted by molar-refractivity contribution is 6.07. The number of piperidine rings is 1. The number of likely N-dealkylation sites (tertiary alicyclic amines) is 1. The van der Waals surface area contributed by atoms with Gasteiger partial charge in [-0.05, 0) is 73.1 Å². The van der Waals surface area contributed by atoms with E-state index in [0.29, 0.717) is 19.4 Å². The van der Waals surface area contributed by atoms with Crippen molar-refractivity contribution >= 4 is 17.8 Å². The van der Waals surface area contributed by atoms with Crippen LogP contribution in [0.25, 0.3) is 0 Å². The van der Waals surface area contributed by atoms with Gasteiger partial charge in [-0.2, -0.15) is 0 Å². The van der Waals surface area contributed by atoms with E-state index >= 15 is 0 Å². The fraction of sp³-hybridized carbons (Fsp3) is 0.909. The Morgan fingerprint density at radius 2 is 1.19 bits per heavy atom. The van der Waals surface area contributed by atoms with Crippen molar-refractivity contribution < 1.29 is 14.4 Å². The first-order valence-corrected chi connectivity index (χ1v) is 17.1. The van der Waals surface area contributed by atoms with E-state index in [1.165, 1.54) is 49.8 Å². The Hall–Kier alpha value is -1.75. The molecule has 2 rings (SSSR count). The highest BCUT2D eigenvalue weighted by Gasteiger charge is 2.61. The van der Waals surface area contributed by atoms with Crippen LogP contribution in [0, 0.1) is 0 Å². The molecule has 2 aliphatic rings. The SMILES string of the molecule is CCCCCCCCCCCCN1C(=O)NC2(CC(C)(C)N(C(C)=O)C(C)(C)C2)C1=O.NCCCNCCNCCCN. The van der Waals surface area contributed by atoms with Gasteiger partial charge in [-0.1, -0.05) is 64.7 Å². The Balaban J connectivity index is 0.000000650. The van der Waals surface area contributed by atoms with Gasteiger partial charge in [0.2, 0.25) is 5.91 Å². The van der Waals surface area contributed by atoms with E-state index in [0.717, 1.165) is 71.4 Å². The number of amides is 4. The summed E-state index contributed by atoms with van der Waals surface area (Å²) in [5.74, 6) is -0.110. The van der Waals surface area contributed by atoms with Crippen LogP contribution in [0.15, 0.2) is 0 Å². The van der Waals surface area contributed by atoms with Gasteiger partial charge in [0, 0.05) is 50.5 Å². The van der Waals surface area contributed by atoms with Crippen molar-refractivity contribution in [2.24, 2.45) is 11.5 Å². The molecule has 0 aliphatic carbocycles. The second-order valence-electron chi connectivity index (χ2n) is 13.8. The Morgan fingerprint density at radius 3 is 1.60 bits per heavy atom. The zero-order chi connectivity index (χ0) is 32.4. The molecule has 0 aromatic rings. The van der Waals surface area contributed by atoms with Crippen molar-refractivity contribution in [3.05, 3.63) is 0 Å². The van der Waals surface area contributed by atoms with Crippen molar-refractivity contribution in [1.29, 1.82) is 0 Å². The molecule has 10 heteroatoms. The summed E-state index contributed by atoms with van der Waals surface area (Å²) in [6.07, 6.45) is 15.2. The Morgan fingerprint density at radius 1 is 0.744 bits per heavy atom. The summed E-state index contributed by atoms with van der Waals surface area (Å²) < 4.78 is 0. The van der Waals surface area contributed by atoms with Crippen LogP contribution < -0.4 is 27.4 Å². The number of carbonyl (C=O) groups is 3. The number of carbonyl (C=O) groups excluding carboxylic acids is 3. The number of imide groups is 1. The Labute approximate surface area is 263 Å². The number of unbranched alkanes of at least 4 members (excludes halogenated alkanes) is 9. The van der Waals surface area contributed by atoms with Crippen LogP contribution in [-0.4, -0.2) is 90.1 Å². The maximum absolute atomic E-state index is 13.4. The van der Waals surface area contributed by atoms with Crippen molar-refractivity contribution in [3.63, 3.8) is 0 Å². The number of hydrogen-bond acceptors (Lipinski definition) is 7. The highest BCUT2D eigenvalue weighted by atomic mass is 16.2. The number of nitrogens with two attached hydrogens (primary N) is 2. The molecule has 43 heavy (non-hydrogen) atoms. The zero-order valence-electron chi connectivity index (χ0n) is 28.6. The fourth-order valence-electron chi connectivity index (χ4n) is 7.13. The summed E-state index contributed by atoms with van der Waals surface area (Å²) in [4.78, 5) is 41.7. The summed E-state index contributed by atoms with van der Waals surface area (Å²) in [7, 11) is 0. The molecule has 2 saturated heterocycles. The van der Waals surface area contributed by atoms with Crippen LogP contribution >= 0.6 is 0 Å². The van der Waals surface area contributed by atoms with Crippen LogP contribution in [0.4, 0.5) is 4.79 Å². The fourth-order valence-corrected chi connectivity index (χ4v) is 7.13. The summed E-state index contributed by atoms with van der Waals surface area (Å²) in [6, 6.07) is -0.274. The number of urea groups is 1. The maximum atomic E-state index is 13.4. The lowest BCUT2D eigenvalue weighted by Gasteiger charge is -2.57. The monoisotopic (exact) mass is 610 g/mol. The molecular weight excluding hydrogens is 542 g/mol. The average Bonchev–Trinajstić information content (AvgIpc) is 3.12. The first-order valence-electron chi connectivity index (χ1n) is 17.1. The molecule has 2 aliphatic heterocycles. The lowest BCUT2D eigenvalue weighted by atomic mass is 9.69. The minimum Gasteiger partial charge on any atom is -0.332 e. The van der Waals surface area contributed by atoms with Crippen LogP contribution in [0.5, 0.6) is 0 Å². The molecule has 252 valence electrons. The standard InChI is InChI=1S/C25H45N3O3.C8H22N4/c1-7-8-9-10-11-12-13-14-15-16-17-27-21(30)25(26-22(27)31)18-23(3,4)28(20(2)29)24(5,6)19-25;9-3-1-5-11-7-8-12-6-2-4-10/h7-19H2,1-6H3,(H,26,31);11-12H,1-10H2. The lowest BCUT2D eigenvalue weighted by Crippen LogP contribution is -2.70. The summed E-state index contributed by atoms with van der Waals surface area (Å²) in [5.41, 5.74) is 8.75. The molecule has 0 bridgehead atoms. The predicted molar refractivity (Wildman–Crippen MR) is 178 cm³/mol. The average molecular weight is 610 g/mol. The van der Waals surface area contributed by atoms with Gasteiger partial charge in [-0.25, -0.2) is 4.79 Å².